The van der Waals surface area contributed by atoms with E-state index in [1.165, 1.54) is 12.8 Å². The van der Waals surface area contributed by atoms with Crippen LogP contribution in [0.5, 0.6) is 0 Å². The van der Waals surface area contributed by atoms with Crippen LogP contribution in [0.1, 0.15) is 47.2 Å². The number of anilines is 1. The fourth-order valence-corrected chi connectivity index (χ4v) is 5.14. The zero-order valence-electron chi connectivity index (χ0n) is 20.7. The molecule has 182 valence electrons. The summed E-state index contributed by atoms with van der Waals surface area (Å²) in [7, 11) is 0. The number of hydrazone groups is 1. The van der Waals surface area contributed by atoms with E-state index < -0.39 is 0 Å². The Kier molecular flexibility index (Phi) is 5.40. The molecule has 1 aliphatic rings. The largest absolute Gasteiger partial charge is 0.356 e. The number of nitrogens with zero attached hydrogens (tertiary/aromatic N) is 7. The van der Waals surface area contributed by atoms with Crippen LogP contribution in [0.3, 0.4) is 0 Å². The molecule has 0 aliphatic carbocycles. The van der Waals surface area contributed by atoms with Crippen molar-refractivity contribution in [2.75, 3.05) is 18.0 Å². The van der Waals surface area contributed by atoms with Crippen molar-refractivity contribution in [3.63, 3.8) is 0 Å². The second-order valence-electron chi connectivity index (χ2n) is 9.19. The molecule has 1 saturated heterocycles. The highest BCUT2D eigenvalue weighted by Crippen LogP contribution is 2.30. The second kappa shape index (κ2) is 8.75. The third-order valence-corrected chi connectivity index (χ3v) is 6.95. The molecule has 9 nitrogen and oxygen atoms in total. The summed E-state index contributed by atoms with van der Waals surface area (Å²) >= 11 is 0. The van der Waals surface area contributed by atoms with Gasteiger partial charge in [0.1, 0.15) is 11.6 Å². The lowest BCUT2D eigenvalue weighted by atomic mass is 10.2. The van der Waals surface area contributed by atoms with Crippen molar-refractivity contribution in [1.29, 1.82) is 0 Å². The molecular weight excluding hydrogens is 452 g/mol. The fraction of sp³-hybridized carbons (Fsp3) is 0.296. The summed E-state index contributed by atoms with van der Waals surface area (Å²) in [4.78, 5) is 24.8. The lowest BCUT2D eigenvalue weighted by molar-refractivity contribution is 0.0955. The van der Waals surface area contributed by atoms with E-state index in [4.69, 9.17) is 10.1 Å². The van der Waals surface area contributed by atoms with Crippen LogP contribution in [-0.4, -0.2) is 49.4 Å². The molecule has 6 rings (SSSR count). The van der Waals surface area contributed by atoms with Gasteiger partial charge in [-0.2, -0.15) is 10.2 Å². The number of carbonyl (C=O) groups is 1. The number of fused-ring (bicyclic) bond motifs is 4. The number of hydrogen-bond acceptors (Lipinski definition) is 6. The van der Waals surface area contributed by atoms with Crippen LogP contribution in [0.15, 0.2) is 47.6 Å². The Morgan fingerprint density at radius 1 is 1.08 bits per heavy atom. The zero-order valence-corrected chi connectivity index (χ0v) is 20.7. The predicted octanol–water partition coefficient (Wildman–Crippen LogP) is 4.23. The van der Waals surface area contributed by atoms with Crippen molar-refractivity contribution in [1.82, 2.24) is 29.6 Å². The van der Waals surface area contributed by atoms with Crippen LogP contribution in [0.2, 0.25) is 0 Å². The van der Waals surface area contributed by atoms with Crippen molar-refractivity contribution < 1.29 is 4.79 Å². The van der Waals surface area contributed by atoms with Crippen LogP contribution < -0.4 is 10.3 Å². The Morgan fingerprint density at radius 2 is 1.89 bits per heavy atom. The quantitative estimate of drug-likeness (QED) is 0.300. The number of amides is 1. The lowest BCUT2D eigenvalue weighted by Gasteiger charge is -2.19. The molecule has 0 unspecified atom stereocenters. The second-order valence-corrected chi connectivity index (χ2v) is 9.19. The molecule has 0 saturated carbocycles. The molecule has 0 atom stereocenters. The molecule has 0 spiro atoms. The molecule has 1 aliphatic heterocycles. The van der Waals surface area contributed by atoms with Gasteiger partial charge in [0, 0.05) is 30.6 Å². The molecule has 2 aromatic carbocycles. The maximum absolute atomic E-state index is 12.8. The maximum atomic E-state index is 12.8. The monoisotopic (exact) mass is 480 g/mol. The number of hydrogen-bond donors (Lipinski definition) is 1. The maximum Gasteiger partial charge on any atom is 0.271 e. The zero-order chi connectivity index (χ0) is 24.8. The molecule has 36 heavy (non-hydrogen) atoms. The summed E-state index contributed by atoms with van der Waals surface area (Å²) in [5.41, 5.74) is 8.31. The van der Waals surface area contributed by atoms with E-state index >= 15 is 0 Å². The van der Waals surface area contributed by atoms with Gasteiger partial charge in [-0.15, -0.1) is 0 Å². The van der Waals surface area contributed by atoms with Crippen molar-refractivity contribution in [2.45, 2.75) is 40.2 Å². The summed E-state index contributed by atoms with van der Waals surface area (Å²) in [5, 5.41) is 10.1. The van der Waals surface area contributed by atoms with Crippen molar-refractivity contribution in [2.24, 2.45) is 5.10 Å². The van der Waals surface area contributed by atoms with Gasteiger partial charge in [-0.3, -0.25) is 4.79 Å². The first kappa shape index (κ1) is 22.2. The van der Waals surface area contributed by atoms with Crippen LogP contribution in [0, 0.1) is 13.8 Å². The predicted molar refractivity (Wildman–Crippen MR) is 142 cm³/mol. The Hall–Kier alpha value is -4.27. The number of para-hydroxylation sites is 1. The molecule has 3 aromatic heterocycles. The first-order valence-corrected chi connectivity index (χ1v) is 12.4. The minimum Gasteiger partial charge on any atom is -0.356 e. The summed E-state index contributed by atoms with van der Waals surface area (Å²) in [6.07, 6.45) is 3.98. The number of carbonyl (C=O) groups excluding carboxylic acids is 1. The molecule has 1 amide bonds. The standard InChI is InChI=1S/C27H28N8O/c1-4-34-18(3)29-22-15-19(11-12-24(22)34)27(36)31-28-16-21-17(2)32-35-23-10-6-5-9-20(23)25(30-26(21)35)33-13-7-8-14-33/h5-6,9-12,15-16H,4,7-8,13-14H2,1-3H3,(H,31,36)/b28-16-. The number of imidazole rings is 1. The minimum absolute atomic E-state index is 0.290. The van der Waals surface area contributed by atoms with Gasteiger partial charge in [0.2, 0.25) is 0 Å². The van der Waals surface area contributed by atoms with E-state index in [2.05, 4.69) is 44.0 Å². The summed E-state index contributed by atoms with van der Waals surface area (Å²) < 4.78 is 3.99. The molecule has 5 aromatic rings. The average molecular weight is 481 g/mol. The van der Waals surface area contributed by atoms with Gasteiger partial charge >= 0.3 is 0 Å². The van der Waals surface area contributed by atoms with Crippen LogP contribution in [0.4, 0.5) is 5.82 Å². The summed E-state index contributed by atoms with van der Waals surface area (Å²) in [5.74, 6) is 1.62. The van der Waals surface area contributed by atoms with Crippen LogP contribution in [-0.2, 0) is 6.54 Å². The minimum atomic E-state index is -0.290. The highest BCUT2D eigenvalue weighted by Gasteiger charge is 2.21. The number of nitrogens with one attached hydrogen (secondary N) is 1. The van der Waals surface area contributed by atoms with E-state index in [9.17, 15) is 4.79 Å². The van der Waals surface area contributed by atoms with Gasteiger partial charge in [0.25, 0.3) is 5.91 Å². The molecule has 1 fully saturated rings. The third-order valence-electron chi connectivity index (χ3n) is 6.95. The van der Waals surface area contributed by atoms with Crippen LogP contribution in [0.25, 0.3) is 27.6 Å². The average Bonchev–Trinajstić information content (AvgIpc) is 3.60. The lowest BCUT2D eigenvalue weighted by Crippen LogP contribution is -2.20. The van der Waals surface area contributed by atoms with E-state index in [1.807, 2.05) is 36.6 Å². The Labute approximate surface area is 208 Å². The highest BCUT2D eigenvalue weighted by atomic mass is 16.2. The number of aromatic nitrogens is 5. The molecule has 9 heteroatoms. The number of benzene rings is 2. The number of rotatable bonds is 5. The topological polar surface area (TPSA) is 92.7 Å². The normalized spacial score (nSPS) is 14.1. The summed E-state index contributed by atoms with van der Waals surface area (Å²) in [6, 6.07) is 13.8. The van der Waals surface area contributed by atoms with Gasteiger partial charge in [-0.1, -0.05) is 12.1 Å². The van der Waals surface area contributed by atoms with Crippen molar-refractivity contribution in [3.8, 4) is 0 Å². The molecular formula is C27H28N8O. The highest BCUT2D eigenvalue weighted by molar-refractivity contribution is 5.99. The van der Waals surface area contributed by atoms with E-state index in [-0.39, 0.29) is 5.91 Å². The molecule has 0 radical (unpaired) electrons. The van der Waals surface area contributed by atoms with Gasteiger partial charge in [0.15, 0.2) is 5.65 Å². The first-order valence-electron chi connectivity index (χ1n) is 12.4. The van der Waals surface area contributed by atoms with Gasteiger partial charge in [-0.25, -0.2) is 19.9 Å². The Morgan fingerprint density at radius 3 is 2.69 bits per heavy atom. The van der Waals surface area contributed by atoms with Gasteiger partial charge in [-0.05, 0) is 63.9 Å². The molecule has 1 N–H and O–H groups in total. The van der Waals surface area contributed by atoms with Crippen LogP contribution >= 0.6 is 0 Å². The van der Waals surface area contributed by atoms with Gasteiger partial charge < -0.3 is 9.47 Å². The summed E-state index contributed by atoms with van der Waals surface area (Å²) in [6.45, 7) is 8.82. The van der Waals surface area contributed by atoms with E-state index in [1.54, 1.807) is 18.3 Å². The van der Waals surface area contributed by atoms with E-state index in [0.29, 0.717) is 5.56 Å². The van der Waals surface area contributed by atoms with Gasteiger partial charge in [0.05, 0.1) is 34.0 Å². The SMILES string of the molecule is CCn1c(C)nc2cc(C(=O)N/N=C\c3c(C)nn4c3nc(N3CCCC3)c3ccccc34)ccc21. The Bertz CT molecular complexity index is 1660. The number of aryl methyl sites for hydroxylation is 3. The van der Waals surface area contributed by atoms with E-state index in [0.717, 1.165) is 70.1 Å². The first-order chi connectivity index (χ1) is 17.5. The third kappa shape index (κ3) is 3.59. The Balaban J connectivity index is 1.33. The molecule has 0 bridgehead atoms. The van der Waals surface area contributed by atoms with Crippen molar-refractivity contribution in [3.05, 3.63) is 65.1 Å². The fourth-order valence-electron chi connectivity index (χ4n) is 5.14. The molecule has 4 heterocycles. The smallest absolute Gasteiger partial charge is 0.271 e. The van der Waals surface area contributed by atoms with Crippen molar-refractivity contribution >= 4 is 45.5 Å².